The van der Waals surface area contributed by atoms with E-state index in [1.54, 1.807) is 13.2 Å². The number of rotatable bonds is 7. The van der Waals surface area contributed by atoms with Gasteiger partial charge in [-0.15, -0.1) is 0 Å². The lowest BCUT2D eigenvalue weighted by molar-refractivity contribution is -0.0177. The lowest BCUT2D eigenvalue weighted by Crippen LogP contribution is -2.43. The average molecular weight is 359 g/mol. The van der Waals surface area contributed by atoms with Crippen molar-refractivity contribution in [1.29, 1.82) is 0 Å². The Morgan fingerprint density at radius 3 is 2.73 bits per heavy atom. The second-order valence-electron chi connectivity index (χ2n) is 6.24. The number of halogens is 2. The summed E-state index contributed by atoms with van der Waals surface area (Å²) in [7, 11) is 1.79. The maximum atomic E-state index is 14.4. The molecule has 0 bridgehead atoms. The second-order valence-corrected chi connectivity index (χ2v) is 6.24. The highest BCUT2D eigenvalue weighted by atomic mass is 19.1. The van der Waals surface area contributed by atoms with Gasteiger partial charge in [0.05, 0.1) is 12.2 Å². The normalized spacial score (nSPS) is 13.7. The third-order valence-electron chi connectivity index (χ3n) is 4.01. The Morgan fingerprint density at radius 2 is 2.08 bits per heavy atom. The van der Waals surface area contributed by atoms with Crippen molar-refractivity contribution < 1.29 is 13.9 Å². The molecule has 136 valence electrons. The van der Waals surface area contributed by atoms with Gasteiger partial charge in [-0.1, -0.05) is 12.1 Å². The fourth-order valence-electron chi connectivity index (χ4n) is 2.94. The van der Waals surface area contributed by atoms with Gasteiger partial charge in [-0.3, -0.25) is 9.88 Å². The van der Waals surface area contributed by atoms with Gasteiger partial charge in [0.25, 0.3) is 0 Å². The van der Waals surface area contributed by atoms with Crippen LogP contribution in [-0.4, -0.2) is 43.3 Å². The van der Waals surface area contributed by atoms with Gasteiger partial charge >= 0.3 is 0 Å². The molecule has 1 aromatic carbocycles. The summed E-state index contributed by atoms with van der Waals surface area (Å²) in [6.45, 7) is 0.525. The first-order valence-electron chi connectivity index (χ1n) is 8.05. The smallest absolute Gasteiger partial charge is 0.137 e. The molecule has 0 aliphatic heterocycles. The fraction of sp³-hybridized carbons (Fsp3) is 0.278. The molecule has 3 aromatic rings. The molecule has 0 aliphatic rings. The van der Waals surface area contributed by atoms with E-state index >= 15 is 0 Å². The summed E-state index contributed by atoms with van der Waals surface area (Å²) in [6, 6.07) is 8.71. The highest BCUT2D eigenvalue weighted by molar-refractivity contribution is 5.25. The molecular weight excluding hydrogens is 340 g/mol. The molecule has 0 fully saturated rings. The molecule has 1 atom stereocenters. The average Bonchev–Trinajstić information content (AvgIpc) is 3.07. The number of pyridine rings is 1. The number of benzene rings is 1. The van der Waals surface area contributed by atoms with Crippen molar-refractivity contribution in [2.45, 2.75) is 18.7 Å². The molecule has 8 heteroatoms. The Balaban J connectivity index is 1.87. The Kier molecular flexibility index (Phi) is 5.34. The van der Waals surface area contributed by atoms with E-state index in [1.165, 1.54) is 23.4 Å². The fourth-order valence-corrected chi connectivity index (χ4v) is 2.94. The van der Waals surface area contributed by atoms with Gasteiger partial charge in [0.1, 0.15) is 29.9 Å². The molecule has 3 rings (SSSR count). The minimum absolute atomic E-state index is 0.00210. The Bertz CT molecular complexity index is 844. The van der Waals surface area contributed by atoms with Gasteiger partial charge in [-0.2, -0.15) is 5.10 Å². The van der Waals surface area contributed by atoms with E-state index < -0.39 is 17.2 Å². The van der Waals surface area contributed by atoms with Gasteiger partial charge in [0.2, 0.25) is 0 Å². The maximum absolute atomic E-state index is 14.4. The zero-order valence-electron chi connectivity index (χ0n) is 14.3. The van der Waals surface area contributed by atoms with Crippen molar-refractivity contribution in [3.8, 4) is 0 Å². The lowest BCUT2D eigenvalue weighted by atomic mass is 9.92. The molecule has 2 aromatic heterocycles. The predicted molar refractivity (Wildman–Crippen MR) is 90.8 cm³/mol. The van der Waals surface area contributed by atoms with Crippen LogP contribution in [0.3, 0.4) is 0 Å². The third kappa shape index (κ3) is 4.27. The van der Waals surface area contributed by atoms with Crippen LogP contribution in [-0.2, 0) is 18.7 Å². The predicted octanol–water partition coefficient (Wildman–Crippen LogP) is 1.97. The quantitative estimate of drug-likeness (QED) is 0.699. The van der Waals surface area contributed by atoms with E-state index in [1.807, 2.05) is 23.1 Å². The highest BCUT2D eigenvalue weighted by Crippen LogP contribution is 2.27. The van der Waals surface area contributed by atoms with E-state index in [0.29, 0.717) is 6.54 Å². The van der Waals surface area contributed by atoms with Crippen LogP contribution in [0.5, 0.6) is 0 Å². The van der Waals surface area contributed by atoms with Gasteiger partial charge in [-0.05, 0) is 25.2 Å². The van der Waals surface area contributed by atoms with Crippen LogP contribution in [0.25, 0.3) is 0 Å². The van der Waals surface area contributed by atoms with Gasteiger partial charge < -0.3 is 5.11 Å². The topological polar surface area (TPSA) is 67.1 Å². The summed E-state index contributed by atoms with van der Waals surface area (Å²) in [6.07, 6.45) is 4.45. The van der Waals surface area contributed by atoms with E-state index in [0.717, 1.165) is 17.8 Å². The van der Waals surface area contributed by atoms with Crippen LogP contribution in [0.1, 0.15) is 11.3 Å². The molecule has 0 aliphatic carbocycles. The molecule has 6 nitrogen and oxygen atoms in total. The van der Waals surface area contributed by atoms with E-state index in [-0.39, 0.29) is 18.7 Å². The minimum Gasteiger partial charge on any atom is -0.382 e. The number of hydrogen-bond donors (Lipinski definition) is 1. The summed E-state index contributed by atoms with van der Waals surface area (Å²) in [5.74, 6) is -1.50. The minimum atomic E-state index is -1.63. The van der Waals surface area contributed by atoms with Crippen LogP contribution >= 0.6 is 0 Å². The first kappa shape index (κ1) is 18.1. The number of nitrogens with zero attached hydrogens (tertiary/aromatic N) is 5. The molecule has 2 heterocycles. The van der Waals surface area contributed by atoms with Crippen LogP contribution in [0, 0.1) is 11.6 Å². The largest absolute Gasteiger partial charge is 0.382 e. The Hall–Kier alpha value is -2.71. The van der Waals surface area contributed by atoms with Gasteiger partial charge in [-0.25, -0.2) is 18.4 Å². The van der Waals surface area contributed by atoms with Crippen LogP contribution < -0.4 is 0 Å². The summed E-state index contributed by atoms with van der Waals surface area (Å²) < 4.78 is 29.1. The molecule has 26 heavy (non-hydrogen) atoms. The summed E-state index contributed by atoms with van der Waals surface area (Å²) in [4.78, 5) is 9.92. The van der Waals surface area contributed by atoms with Crippen molar-refractivity contribution in [3.63, 3.8) is 0 Å². The standard InChI is InChI=1S/C18H19F2N5O/c1-24(9-15-4-2-3-7-22-15)10-18(26,11-25-13-21-12-23-25)16-6-5-14(19)8-17(16)20/h2-8,12-13,26H,9-11H2,1H3. The number of likely N-dealkylation sites (N-methyl/N-ethyl adjacent to an activating group) is 1. The molecule has 1 N–H and O–H groups in total. The molecule has 0 radical (unpaired) electrons. The van der Waals surface area contributed by atoms with Crippen molar-refractivity contribution >= 4 is 0 Å². The summed E-state index contributed by atoms with van der Waals surface area (Å²) in [5.41, 5.74) is -0.811. The lowest BCUT2D eigenvalue weighted by Gasteiger charge is -2.33. The molecule has 0 saturated carbocycles. The summed E-state index contributed by atoms with van der Waals surface area (Å²) in [5, 5.41) is 15.2. The molecule has 0 saturated heterocycles. The first-order valence-corrected chi connectivity index (χ1v) is 8.05. The zero-order valence-corrected chi connectivity index (χ0v) is 14.3. The molecule has 1 unspecified atom stereocenters. The van der Waals surface area contributed by atoms with Crippen LogP contribution in [0.4, 0.5) is 8.78 Å². The third-order valence-corrected chi connectivity index (χ3v) is 4.01. The van der Waals surface area contributed by atoms with Crippen LogP contribution in [0.2, 0.25) is 0 Å². The van der Waals surface area contributed by atoms with Crippen molar-refractivity contribution in [2.75, 3.05) is 13.6 Å². The Morgan fingerprint density at radius 1 is 1.23 bits per heavy atom. The first-order chi connectivity index (χ1) is 12.5. The van der Waals surface area contributed by atoms with Crippen molar-refractivity contribution in [3.05, 3.63) is 78.1 Å². The van der Waals surface area contributed by atoms with Gasteiger partial charge in [0.15, 0.2) is 0 Å². The van der Waals surface area contributed by atoms with Crippen LogP contribution in [0.15, 0.2) is 55.2 Å². The zero-order chi connectivity index (χ0) is 18.6. The molecule has 0 amide bonds. The summed E-state index contributed by atoms with van der Waals surface area (Å²) >= 11 is 0. The van der Waals surface area contributed by atoms with E-state index in [4.69, 9.17) is 0 Å². The maximum Gasteiger partial charge on any atom is 0.137 e. The second kappa shape index (κ2) is 7.67. The van der Waals surface area contributed by atoms with Crippen molar-refractivity contribution in [2.24, 2.45) is 0 Å². The number of aliphatic hydroxyl groups is 1. The van der Waals surface area contributed by atoms with Gasteiger partial charge in [0, 0.05) is 30.9 Å². The molecular formula is C18H19F2N5O. The van der Waals surface area contributed by atoms with E-state index in [9.17, 15) is 13.9 Å². The monoisotopic (exact) mass is 359 g/mol. The van der Waals surface area contributed by atoms with E-state index in [2.05, 4.69) is 15.1 Å². The van der Waals surface area contributed by atoms with Crippen molar-refractivity contribution in [1.82, 2.24) is 24.6 Å². The number of hydrogen-bond acceptors (Lipinski definition) is 5. The SMILES string of the molecule is CN(Cc1ccccn1)CC(O)(Cn1cncn1)c1ccc(F)cc1F. The highest BCUT2D eigenvalue weighted by Gasteiger charge is 2.34. The molecule has 0 spiro atoms. The number of aromatic nitrogens is 4. The Labute approximate surface area is 149 Å².